The van der Waals surface area contributed by atoms with Crippen molar-refractivity contribution in [1.29, 1.82) is 0 Å². The van der Waals surface area contributed by atoms with Crippen molar-refractivity contribution in [2.75, 3.05) is 0 Å². The molecule has 0 fully saturated rings. The molecule has 8 heteroatoms. The molecule has 22 heavy (non-hydrogen) atoms. The van der Waals surface area contributed by atoms with Gasteiger partial charge in [0, 0.05) is 5.02 Å². The molecule has 1 heterocycles. The minimum atomic E-state index is -0.845. The van der Waals surface area contributed by atoms with E-state index in [4.69, 9.17) is 27.9 Å². The number of amides is 2. The molecule has 0 spiro atoms. The van der Waals surface area contributed by atoms with Gasteiger partial charge in [-0.15, -0.1) is 11.3 Å². The smallest absolute Gasteiger partial charge is 0.279 e. The van der Waals surface area contributed by atoms with Crippen molar-refractivity contribution in [2.24, 2.45) is 0 Å². The van der Waals surface area contributed by atoms with Crippen molar-refractivity contribution < 1.29 is 14.3 Å². The van der Waals surface area contributed by atoms with Crippen molar-refractivity contribution in [2.45, 2.75) is 13.0 Å². The van der Waals surface area contributed by atoms with Gasteiger partial charge in [-0.2, -0.15) is 0 Å². The summed E-state index contributed by atoms with van der Waals surface area (Å²) in [5.74, 6) is -0.561. The Morgan fingerprint density at radius 2 is 2.00 bits per heavy atom. The summed E-state index contributed by atoms with van der Waals surface area (Å²) in [4.78, 5) is 24.1. The number of thiophene rings is 1. The highest BCUT2D eigenvalue weighted by molar-refractivity contribution is 7.12. The lowest BCUT2D eigenvalue weighted by Crippen LogP contribution is -2.47. The van der Waals surface area contributed by atoms with Crippen LogP contribution in [0.2, 0.25) is 10.0 Å². The van der Waals surface area contributed by atoms with Crippen LogP contribution in [0.5, 0.6) is 5.75 Å². The summed E-state index contributed by atoms with van der Waals surface area (Å²) in [6.45, 7) is 1.54. The highest BCUT2D eigenvalue weighted by atomic mass is 35.5. The number of rotatable bonds is 4. The molecule has 0 bridgehead atoms. The number of hydrazine groups is 1. The molecule has 1 aromatic heterocycles. The molecule has 0 aliphatic carbocycles. The van der Waals surface area contributed by atoms with E-state index in [0.717, 1.165) is 0 Å². The van der Waals surface area contributed by atoms with Gasteiger partial charge in [0.2, 0.25) is 0 Å². The molecule has 1 aromatic carbocycles. The van der Waals surface area contributed by atoms with Crippen molar-refractivity contribution in [1.82, 2.24) is 10.9 Å². The Kier molecular flexibility index (Phi) is 5.65. The van der Waals surface area contributed by atoms with Crippen LogP contribution in [0.1, 0.15) is 16.6 Å². The van der Waals surface area contributed by atoms with Gasteiger partial charge >= 0.3 is 0 Å². The zero-order chi connectivity index (χ0) is 16.1. The predicted molar refractivity (Wildman–Crippen MR) is 86.5 cm³/mol. The number of benzene rings is 1. The van der Waals surface area contributed by atoms with E-state index in [1.807, 2.05) is 0 Å². The lowest BCUT2D eigenvalue weighted by Gasteiger charge is -2.15. The van der Waals surface area contributed by atoms with Gasteiger partial charge in [-0.25, -0.2) is 0 Å². The summed E-state index contributed by atoms with van der Waals surface area (Å²) in [5.41, 5.74) is 4.61. The second-order valence-corrected chi connectivity index (χ2v) is 6.05. The van der Waals surface area contributed by atoms with Crippen molar-refractivity contribution >= 4 is 46.4 Å². The molecule has 0 saturated heterocycles. The summed E-state index contributed by atoms with van der Waals surface area (Å²) in [7, 11) is 0. The molecular formula is C14H12Cl2N2O3S. The molecule has 2 aromatic rings. The van der Waals surface area contributed by atoms with E-state index in [2.05, 4.69) is 10.9 Å². The second-order valence-electron chi connectivity index (χ2n) is 4.26. The van der Waals surface area contributed by atoms with Crippen LogP contribution in [0, 0.1) is 0 Å². The lowest BCUT2D eigenvalue weighted by atomic mass is 10.3. The quantitative estimate of drug-likeness (QED) is 0.824. The molecule has 2 rings (SSSR count). The number of halogens is 2. The van der Waals surface area contributed by atoms with E-state index in [-0.39, 0.29) is 5.91 Å². The maximum atomic E-state index is 11.9. The third-order valence-electron chi connectivity index (χ3n) is 2.61. The average molecular weight is 359 g/mol. The molecule has 0 aliphatic heterocycles. The molecule has 1 atom stereocenters. The van der Waals surface area contributed by atoms with Gasteiger partial charge in [0.1, 0.15) is 5.75 Å². The van der Waals surface area contributed by atoms with E-state index in [9.17, 15) is 9.59 Å². The fraction of sp³-hybridized carbons (Fsp3) is 0.143. The second kappa shape index (κ2) is 7.49. The standard InChI is InChI=1S/C14H12Cl2N2O3S/c1-8(21-11-5-4-9(15)7-10(11)16)13(19)17-18-14(20)12-3-2-6-22-12/h2-8H,1H3,(H,17,19)(H,18,20). The van der Waals surface area contributed by atoms with Crippen LogP contribution in [0.4, 0.5) is 0 Å². The predicted octanol–water partition coefficient (Wildman–Crippen LogP) is 3.28. The molecule has 0 saturated carbocycles. The molecule has 5 nitrogen and oxygen atoms in total. The number of nitrogens with one attached hydrogen (secondary N) is 2. The fourth-order valence-corrected chi connectivity index (χ4v) is 2.58. The molecule has 2 N–H and O–H groups in total. The number of hydrogen-bond acceptors (Lipinski definition) is 4. The zero-order valence-corrected chi connectivity index (χ0v) is 13.8. The summed E-state index contributed by atoms with van der Waals surface area (Å²) < 4.78 is 5.43. The van der Waals surface area contributed by atoms with Crippen LogP contribution < -0.4 is 15.6 Å². The Hall–Kier alpha value is -1.76. The first-order chi connectivity index (χ1) is 10.5. The Morgan fingerprint density at radius 3 is 2.64 bits per heavy atom. The number of carbonyl (C=O) groups is 2. The third kappa shape index (κ3) is 4.37. The zero-order valence-electron chi connectivity index (χ0n) is 11.4. The van der Waals surface area contributed by atoms with Gasteiger partial charge in [0.05, 0.1) is 9.90 Å². The Bertz CT molecular complexity index is 677. The largest absolute Gasteiger partial charge is 0.479 e. The highest BCUT2D eigenvalue weighted by Gasteiger charge is 2.17. The van der Waals surface area contributed by atoms with Crippen LogP contribution >= 0.6 is 34.5 Å². The van der Waals surface area contributed by atoms with Gasteiger partial charge in [-0.1, -0.05) is 29.3 Å². The Balaban J connectivity index is 1.88. The first kappa shape index (κ1) is 16.6. The molecule has 0 aliphatic rings. The van der Waals surface area contributed by atoms with E-state index in [1.165, 1.54) is 24.3 Å². The Labute approximate surface area is 141 Å². The molecule has 1 unspecified atom stereocenters. The molecular weight excluding hydrogens is 347 g/mol. The van der Waals surface area contributed by atoms with Gasteiger partial charge in [0.15, 0.2) is 6.10 Å². The number of carbonyl (C=O) groups excluding carboxylic acids is 2. The summed E-state index contributed by atoms with van der Waals surface area (Å²) in [6, 6.07) is 8.08. The Morgan fingerprint density at radius 1 is 1.23 bits per heavy atom. The first-order valence-electron chi connectivity index (χ1n) is 6.23. The number of ether oxygens (including phenoxy) is 1. The summed E-state index contributed by atoms with van der Waals surface area (Å²) >= 11 is 13.0. The molecule has 2 amide bonds. The maximum absolute atomic E-state index is 11.9. The molecule has 0 radical (unpaired) electrons. The maximum Gasteiger partial charge on any atom is 0.279 e. The van der Waals surface area contributed by atoms with E-state index >= 15 is 0 Å². The van der Waals surface area contributed by atoms with Crippen molar-refractivity contribution in [3.63, 3.8) is 0 Å². The third-order valence-corrected chi connectivity index (χ3v) is 4.01. The molecule has 116 valence electrons. The van der Waals surface area contributed by atoms with Crippen molar-refractivity contribution in [3.05, 3.63) is 50.6 Å². The summed E-state index contributed by atoms with van der Waals surface area (Å²) in [6.07, 6.45) is -0.845. The SMILES string of the molecule is CC(Oc1ccc(Cl)cc1Cl)C(=O)NNC(=O)c1cccs1. The van der Waals surface area contributed by atoms with Gasteiger partial charge in [0.25, 0.3) is 11.8 Å². The highest BCUT2D eigenvalue weighted by Crippen LogP contribution is 2.28. The first-order valence-corrected chi connectivity index (χ1v) is 7.86. The van der Waals surface area contributed by atoms with E-state index < -0.39 is 12.0 Å². The van der Waals surface area contributed by atoms with Crippen LogP contribution in [0.15, 0.2) is 35.7 Å². The van der Waals surface area contributed by atoms with Crippen LogP contribution in [0.3, 0.4) is 0 Å². The van der Waals surface area contributed by atoms with Crippen LogP contribution in [0.25, 0.3) is 0 Å². The van der Waals surface area contributed by atoms with Gasteiger partial charge < -0.3 is 4.74 Å². The monoisotopic (exact) mass is 358 g/mol. The van der Waals surface area contributed by atoms with Gasteiger partial charge in [-0.3, -0.25) is 20.4 Å². The normalized spacial score (nSPS) is 11.6. The van der Waals surface area contributed by atoms with E-state index in [1.54, 1.807) is 29.6 Å². The number of hydrogen-bond donors (Lipinski definition) is 2. The summed E-state index contributed by atoms with van der Waals surface area (Å²) in [5, 5.41) is 2.54. The minimum absolute atomic E-state index is 0.301. The van der Waals surface area contributed by atoms with E-state index in [0.29, 0.717) is 20.7 Å². The van der Waals surface area contributed by atoms with Crippen LogP contribution in [-0.4, -0.2) is 17.9 Å². The van der Waals surface area contributed by atoms with Crippen molar-refractivity contribution in [3.8, 4) is 5.75 Å². The lowest BCUT2D eigenvalue weighted by molar-refractivity contribution is -0.128. The fourth-order valence-electron chi connectivity index (χ4n) is 1.50. The van der Waals surface area contributed by atoms with Gasteiger partial charge in [-0.05, 0) is 36.6 Å². The van der Waals surface area contributed by atoms with Crippen LogP contribution in [-0.2, 0) is 4.79 Å². The topological polar surface area (TPSA) is 67.4 Å². The average Bonchev–Trinajstić information content (AvgIpc) is 3.01. The minimum Gasteiger partial charge on any atom is -0.479 e.